The molecule has 0 amide bonds. The summed E-state index contributed by atoms with van der Waals surface area (Å²) in [6.07, 6.45) is 5.34. The number of dihydropyridines is 1. The summed E-state index contributed by atoms with van der Waals surface area (Å²) in [5, 5.41) is 39.3. The summed E-state index contributed by atoms with van der Waals surface area (Å²) in [7, 11) is 0. The van der Waals surface area contributed by atoms with Gasteiger partial charge in [0.05, 0.1) is 12.0 Å². The van der Waals surface area contributed by atoms with Crippen LogP contribution in [-0.2, 0) is 16.0 Å². The number of carboxylic acids is 2. The first-order valence-electron chi connectivity index (χ1n) is 7.57. The second-order valence-corrected chi connectivity index (χ2v) is 5.81. The van der Waals surface area contributed by atoms with E-state index in [2.05, 4.69) is 4.99 Å². The molecule has 0 aliphatic carbocycles. The Bertz CT molecular complexity index is 840. The number of hydrogen-bond donors (Lipinski definition) is 3. The van der Waals surface area contributed by atoms with Gasteiger partial charge in [0.1, 0.15) is 5.71 Å². The number of anilines is 1. The van der Waals surface area contributed by atoms with E-state index in [1.54, 1.807) is 12.3 Å². The maximum absolute atomic E-state index is 11.1. The van der Waals surface area contributed by atoms with E-state index in [1.807, 2.05) is 4.90 Å². The highest BCUT2D eigenvalue weighted by molar-refractivity contribution is 6.41. The summed E-state index contributed by atoms with van der Waals surface area (Å²) in [6.45, 7) is 0.617. The van der Waals surface area contributed by atoms with Crippen molar-refractivity contribution in [3.05, 3.63) is 41.6 Å². The summed E-state index contributed by atoms with van der Waals surface area (Å²) in [5.41, 5.74) is 1.77. The second kappa shape index (κ2) is 6.31. The van der Waals surface area contributed by atoms with Crippen LogP contribution in [-0.4, -0.2) is 45.6 Å². The van der Waals surface area contributed by atoms with Gasteiger partial charge in [0.2, 0.25) is 0 Å². The molecule has 0 aromatic heterocycles. The third-order valence-corrected chi connectivity index (χ3v) is 4.11. The quantitative estimate of drug-likeness (QED) is 0.653. The van der Waals surface area contributed by atoms with Gasteiger partial charge in [-0.05, 0) is 35.8 Å². The summed E-state index contributed by atoms with van der Waals surface area (Å²) < 4.78 is 0. The van der Waals surface area contributed by atoms with Gasteiger partial charge in [-0.2, -0.15) is 0 Å². The van der Waals surface area contributed by atoms with Crippen LogP contribution in [0.1, 0.15) is 12.0 Å². The Morgan fingerprint density at radius 1 is 1.28 bits per heavy atom. The number of aliphatic carboxylic acids is 2. The minimum Gasteiger partial charge on any atom is -0.548 e. The lowest BCUT2D eigenvalue weighted by atomic mass is 10.0. The number of carbonyl (C=O) groups excluding carboxylic acids is 1. The Morgan fingerprint density at radius 3 is 2.68 bits per heavy atom. The number of aliphatic imine (C=N–C) groups is 1. The van der Waals surface area contributed by atoms with E-state index < -0.39 is 18.0 Å². The molecule has 0 saturated heterocycles. The molecule has 0 fully saturated rings. The first-order chi connectivity index (χ1) is 11.8. The van der Waals surface area contributed by atoms with Gasteiger partial charge < -0.3 is 30.1 Å². The first-order valence-corrected chi connectivity index (χ1v) is 7.57. The Kier molecular flexibility index (Phi) is 4.18. The third kappa shape index (κ3) is 3.32. The number of fused-ring (bicyclic) bond motifs is 1. The van der Waals surface area contributed by atoms with Crippen molar-refractivity contribution in [2.24, 2.45) is 4.99 Å². The van der Waals surface area contributed by atoms with Crippen molar-refractivity contribution < 1.29 is 30.0 Å². The van der Waals surface area contributed by atoms with Gasteiger partial charge >= 0.3 is 5.97 Å². The molecule has 0 unspecified atom stereocenters. The minimum absolute atomic E-state index is 0.0388. The van der Waals surface area contributed by atoms with E-state index in [1.165, 1.54) is 18.2 Å². The standard InChI is InChI=1S/C17H16N2O6/c20-14-7-10-2-4-19(13(10)8-15(14)21)3-1-9-5-11(16(22)23)18-12(6-9)17(24)25/h1,3,5,7-8,12,20-21H,2,4,6H2,(H,22,23)(H,24,25)/p-1/b3-1+/t12-/m0/s1. The van der Waals surface area contributed by atoms with Crippen LogP contribution in [0.2, 0.25) is 0 Å². The highest BCUT2D eigenvalue weighted by atomic mass is 16.4. The fourth-order valence-corrected chi connectivity index (χ4v) is 2.86. The summed E-state index contributed by atoms with van der Waals surface area (Å²) in [5.74, 6) is -3.14. The van der Waals surface area contributed by atoms with Gasteiger partial charge in [0.15, 0.2) is 11.5 Å². The Morgan fingerprint density at radius 2 is 2.00 bits per heavy atom. The van der Waals surface area contributed by atoms with Crippen molar-refractivity contribution in [2.75, 3.05) is 11.4 Å². The zero-order valence-corrected chi connectivity index (χ0v) is 13.0. The van der Waals surface area contributed by atoms with Crippen LogP contribution < -0.4 is 10.0 Å². The Labute approximate surface area is 142 Å². The smallest absolute Gasteiger partial charge is 0.354 e. The maximum atomic E-state index is 11.1. The average molecular weight is 343 g/mol. The predicted molar refractivity (Wildman–Crippen MR) is 86.5 cm³/mol. The van der Waals surface area contributed by atoms with Crippen molar-refractivity contribution >= 4 is 23.3 Å². The molecule has 2 heterocycles. The predicted octanol–water partition coefficient (Wildman–Crippen LogP) is -0.0518. The number of aromatic hydroxyl groups is 2. The fraction of sp³-hybridized carbons (Fsp3) is 0.235. The van der Waals surface area contributed by atoms with Crippen molar-refractivity contribution in [1.82, 2.24) is 0 Å². The van der Waals surface area contributed by atoms with Crippen molar-refractivity contribution in [1.29, 1.82) is 0 Å². The van der Waals surface area contributed by atoms with Gasteiger partial charge in [-0.25, -0.2) is 4.79 Å². The molecule has 8 heteroatoms. The molecule has 0 saturated carbocycles. The summed E-state index contributed by atoms with van der Waals surface area (Å²) >= 11 is 0. The summed E-state index contributed by atoms with van der Waals surface area (Å²) in [6, 6.07) is 1.72. The van der Waals surface area contributed by atoms with E-state index in [0.29, 0.717) is 18.5 Å². The number of hydrogen-bond acceptors (Lipinski definition) is 7. The molecule has 2 aliphatic heterocycles. The Balaban J connectivity index is 1.84. The molecule has 1 aromatic rings. The number of phenols is 2. The second-order valence-electron chi connectivity index (χ2n) is 5.81. The minimum atomic E-state index is -1.43. The number of nitrogens with zero attached hydrogens (tertiary/aromatic N) is 2. The van der Waals surface area contributed by atoms with Crippen LogP contribution in [0.5, 0.6) is 11.5 Å². The topological polar surface area (TPSA) is 133 Å². The van der Waals surface area contributed by atoms with E-state index in [0.717, 1.165) is 11.3 Å². The molecule has 0 spiro atoms. The SMILES string of the molecule is O=C(O)C1=N[C@H](C(=O)[O-])CC(/C=C/N2CCc3cc(O)c(O)cc32)=C1. The lowest BCUT2D eigenvalue weighted by molar-refractivity contribution is -0.307. The van der Waals surface area contributed by atoms with E-state index in [-0.39, 0.29) is 23.6 Å². The molecule has 1 atom stereocenters. The maximum Gasteiger partial charge on any atom is 0.354 e. The molecule has 25 heavy (non-hydrogen) atoms. The first kappa shape index (κ1) is 16.6. The fourth-order valence-electron chi connectivity index (χ4n) is 2.86. The molecule has 3 rings (SSSR count). The lowest BCUT2D eigenvalue weighted by Crippen LogP contribution is -2.37. The van der Waals surface area contributed by atoms with Crippen molar-refractivity contribution in [2.45, 2.75) is 18.9 Å². The number of carbonyl (C=O) groups is 2. The highest BCUT2D eigenvalue weighted by Crippen LogP contribution is 2.37. The summed E-state index contributed by atoms with van der Waals surface area (Å²) in [4.78, 5) is 27.6. The van der Waals surface area contributed by atoms with Crippen LogP contribution in [0.3, 0.4) is 0 Å². The number of rotatable bonds is 4. The molecular formula is C17H15N2O6-. The average Bonchev–Trinajstić information content (AvgIpc) is 2.95. The highest BCUT2D eigenvalue weighted by Gasteiger charge is 2.22. The number of benzene rings is 1. The number of phenolic OH excluding ortho intramolecular Hbond substituents is 2. The van der Waals surface area contributed by atoms with E-state index in [9.17, 15) is 24.9 Å². The molecule has 8 nitrogen and oxygen atoms in total. The monoisotopic (exact) mass is 343 g/mol. The van der Waals surface area contributed by atoms with Gasteiger partial charge in [-0.1, -0.05) is 0 Å². The third-order valence-electron chi connectivity index (χ3n) is 4.11. The van der Waals surface area contributed by atoms with Gasteiger partial charge in [-0.15, -0.1) is 0 Å². The molecule has 1 aromatic carbocycles. The molecule has 0 bridgehead atoms. The zero-order valence-electron chi connectivity index (χ0n) is 13.0. The Hall–Kier alpha value is -3.29. The van der Waals surface area contributed by atoms with Gasteiger partial charge in [0.25, 0.3) is 0 Å². The van der Waals surface area contributed by atoms with Crippen molar-refractivity contribution in [3.8, 4) is 11.5 Å². The zero-order chi connectivity index (χ0) is 18.1. The molecular weight excluding hydrogens is 328 g/mol. The van der Waals surface area contributed by atoms with Crippen LogP contribution in [0.15, 0.2) is 41.1 Å². The largest absolute Gasteiger partial charge is 0.548 e. The van der Waals surface area contributed by atoms with Crippen LogP contribution in [0, 0.1) is 0 Å². The van der Waals surface area contributed by atoms with Crippen LogP contribution in [0.4, 0.5) is 5.69 Å². The number of allylic oxidation sites excluding steroid dienone is 1. The lowest BCUT2D eigenvalue weighted by Gasteiger charge is -2.20. The van der Waals surface area contributed by atoms with E-state index in [4.69, 9.17) is 5.11 Å². The van der Waals surface area contributed by atoms with E-state index >= 15 is 0 Å². The molecule has 2 aliphatic rings. The molecule has 3 N–H and O–H groups in total. The molecule has 130 valence electrons. The van der Waals surface area contributed by atoms with Crippen molar-refractivity contribution in [3.63, 3.8) is 0 Å². The normalized spacial score (nSPS) is 19.5. The van der Waals surface area contributed by atoms with Crippen LogP contribution >= 0.6 is 0 Å². The van der Waals surface area contributed by atoms with Gasteiger partial charge in [-0.3, -0.25) is 4.99 Å². The van der Waals surface area contributed by atoms with Crippen LogP contribution in [0.25, 0.3) is 0 Å². The van der Waals surface area contributed by atoms with Gasteiger partial charge in [0, 0.05) is 30.9 Å². The number of carboxylic acid groups (broad SMARTS) is 2. The molecule has 0 radical (unpaired) electrons.